The monoisotopic (exact) mass is 673 g/mol. The number of hydrogen-bond acceptors (Lipinski definition) is 2. The molecule has 0 fully saturated rings. The Hall–Kier alpha value is -7.60. The van der Waals surface area contributed by atoms with Crippen molar-refractivity contribution in [2.75, 3.05) is 0 Å². The van der Waals surface area contributed by atoms with Crippen LogP contribution in [0.15, 0.2) is 164 Å². The zero-order valence-electron chi connectivity index (χ0n) is 28.3. The van der Waals surface area contributed by atoms with E-state index in [1.54, 1.807) is 0 Å². The van der Waals surface area contributed by atoms with Crippen LogP contribution in [-0.2, 0) is 0 Å². The molecule has 5 heteroatoms. The lowest BCUT2D eigenvalue weighted by Gasteiger charge is -2.16. The van der Waals surface area contributed by atoms with Crippen molar-refractivity contribution >= 4 is 76.2 Å². The van der Waals surface area contributed by atoms with Crippen molar-refractivity contribution in [1.29, 1.82) is 10.5 Å². The molecule has 3 heterocycles. The van der Waals surface area contributed by atoms with Gasteiger partial charge in [0.2, 0.25) is 0 Å². The number of fused-ring (bicyclic) bond motifs is 11. The molecule has 0 aliphatic carbocycles. The van der Waals surface area contributed by atoms with E-state index in [-0.39, 0.29) is 0 Å². The Kier molecular flexibility index (Phi) is 6.02. The van der Waals surface area contributed by atoms with Crippen molar-refractivity contribution in [3.05, 3.63) is 175 Å². The minimum absolute atomic E-state index is 0.338. The Morgan fingerprint density at radius 2 is 0.755 bits per heavy atom. The van der Waals surface area contributed by atoms with Crippen molar-refractivity contribution in [1.82, 2.24) is 13.7 Å². The van der Waals surface area contributed by atoms with Crippen LogP contribution in [0.3, 0.4) is 0 Å². The standard InChI is InChI=1S/C48H27N5/c49-28-38-39(29-50)46(26-25-45(38)52-42-19-9-5-15-35(42)36-16-6-10-20-43(36)52)53-44-24-22-31(27-37(44)48-32-12-2-1-11-30(32)21-23-47(48)53)51-40-17-7-3-13-33(40)34-14-4-8-18-41(34)51/h1-27H. The van der Waals surface area contributed by atoms with E-state index in [1.165, 1.54) is 10.8 Å². The minimum atomic E-state index is 0.338. The second-order valence-corrected chi connectivity index (χ2v) is 13.5. The highest BCUT2D eigenvalue weighted by molar-refractivity contribution is 6.22. The van der Waals surface area contributed by atoms with Crippen LogP contribution in [0.4, 0.5) is 0 Å². The van der Waals surface area contributed by atoms with Gasteiger partial charge in [-0.05, 0) is 71.4 Å². The number of nitriles is 2. The lowest BCUT2D eigenvalue weighted by Crippen LogP contribution is -2.05. The molecule has 0 atom stereocenters. The van der Waals surface area contributed by atoms with E-state index < -0.39 is 0 Å². The summed E-state index contributed by atoms with van der Waals surface area (Å²) in [4.78, 5) is 0. The molecule has 53 heavy (non-hydrogen) atoms. The minimum Gasteiger partial charge on any atom is -0.309 e. The largest absolute Gasteiger partial charge is 0.309 e. The van der Waals surface area contributed by atoms with Crippen molar-refractivity contribution in [2.45, 2.75) is 0 Å². The molecule has 0 N–H and O–H groups in total. The van der Waals surface area contributed by atoms with E-state index in [4.69, 9.17) is 0 Å². The summed E-state index contributed by atoms with van der Waals surface area (Å²) in [5, 5.41) is 30.9. The Balaban J connectivity index is 1.23. The van der Waals surface area contributed by atoms with Crippen LogP contribution >= 0.6 is 0 Å². The fraction of sp³-hybridized carbons (Fsp3) is 0. The number of para-hydroxylation sites is 4. The van der Waals surface area contributed by atoms with Crippen LogP contribution in [0.2, 0.25) is 0 Å². The van der Waals surface area contributed by atoms with Crippen molar-refractivity contribution in [2.24, 2.45) is 0 Å². The van der Waals surface area contributed by atoms with Gasteiger partial charge < -0.3 is 13.7 Å². The quantitative estimate of drug-likeness (QED) is 0.187. The smallest absolute Gasteiger partial charge is 0.103 e. The van der Waals surface area contributed by atoms with Crippen LogP contribution in [0.5, 0.6) is 0 Å². The van der Waals surface area contributed by atoms with Gasteiger partial charge in [-0.25, -0.2) is 0 Å². The third-order valence-electron chi connectivity index (χ3n) is 10.9. The molecular formula is C48H27N5. The second kappa shape index (κ2) is 10.9. The van der Waals surface area contributed by atoms with Gasteiger partial charge in [0.05, 0.1) is 55.6 Å². The highest BCUT2D eigenvalue weighted by Gasteiger charge is 2.23. The average Bonchev–Trinajstić information content (AvgIpc) is 3.86. The summed E-state index contributed by atoms with van der Waals surface area (Å²) in [6, 6.07) is 61.9. The Morgan fingerprint density at radius 3 is 1.28 bits per heavy atom. The first kappa shape index (κ1) is 29.2. The fourth-order valence-electron chi connectivity index (χ4n) is 8.74. The molecule has 0 saturated carbocycles. The number of hydrogen-bond donors (Lipinski definition) is 0. The lowest BCUT2D eigenvalue weighted by atomic mass is 10.0. The molecule has 11 rings (SSSR count). The van der Waals surface area contributed by atoms with Gasteiger partial charge in [-0.2, -0.15) is 10.5 Å². The van der Waals surface area contributed by atoms with E-state index >= 15 is 0 Å². The van der Waals surface area contributed by atoms with Crippen LogP contribution in [0.1, 0.15) is 11.1 Å². The van der Waals surface area contributed by atoms with Gasteiger partial charge in [0, 0.05) is 38.0 Å². The van der Waals surface area contributed by atoms with Gasteiger partial charge in [-0.3, -0.25) is 0 Å². The molecule has 0 aliphatic rings. The van der Waals surface area contributed by atoms with Crippen LogP contribution < -0.4 is 0 Å². The Labute approximate surface area is 303 Å². The summed E-state index contributed by atoms with van der Waals surface area (Å²) in [6.45, 7) is 0. The molecule has 5 nitrogen and oxygen atoms in total. The molecule has 8 aromatic carbocycles. The number of rotatable bonds is 3. The Bertz CT molecular complexity index is 3320. The molecule has 0 bridgehead atoms. The second-order valence-electron chi connectivity index (χ2n) is 13.5. The topological polar surface area (TPSA) is 62.4 Å². The maximum absolute atomic E-state index is 10.9. The van der Waals surface area contributed by atoms with E-state index in [0.29, 0.717) is 22.5 Å². The molecule has 0 spiro atoms. The molecular weight excluding hydrogens is 647 g/mol. The first-order valence-electron chi connectivity index (χ1n) is 17.7. The molecule has 0 saturated heterocycles. The van der Waals surface area contributed by atoms with Crippen molar-refractivity contribution in [3.8, 4) is 29.2 Å². The number of nitrogens with zero attached hydrogens (tertiary/aromatic N) is 5. The average molecular weight is 674 g/mol. The molecule has 0 aliphatic heterocycles. The van der Waals surface area contributed by atoms with Gasteiger partial charge >= 0.3 is 0 Å². The van der Waals surface area contributed by atoms with E-state index in [0.717, 1.165) is 71.1 Å². The molecule has 244 valence electrons. The fourth-order valence-corrected chi connectivity index (χ4v) is 8.74. The van der Waals surface area contributed by atoms with Crippen molar-refractivity contribution in [3.63, 3.8) is 0 Å². The number of benzene rings is 8. The maximum Gasteiger partial charge on any atom is 0.103 e. The molecule has 3 aromatic heterocycles. The summed E-state index contributed by atoms with van der Waals surface area (Å²) in [5.74, 6) is 0. The van der Waals surface area contributed by atoms with Gasteiger partial charge in [-0.1, -0.05) is 103 Å². The maximum atomic E-state index is 10.9. The van der Waals surface area contributed by atoms with Gasteiger partial charge in [-0.15, -0.1) is 0 Å². The predicted molar refractivity (Wildman–Crippen MR) is 216 cm³/mol. The van der Waals surface area contributed by atoms with Gasteiger partial charge in [0.25, 0.3) is 0 Å². The van der Waals surface area contributed by atoms with Crippen molar-refractivity contribution < 1.29 is 0 Å². The third-order valence-corrected chi connectivity index (χ3v) is 10.9. The summed E-state index contributed by atoms with van der Waals surface area (Å²) >= 11 is 0. The molecule has 0 unspecified atom stereocenters. The first-order valence-corrected chi connectivity index (χ1v) is 17.7. The van der Waals surface area contributed by atoms with E-state index in [9.17, 15) is 10.5 Å². The molecule has 0 radical (unpaired) electrons. The summed E-state index contributed by atoms with van der Waals surface area (Å²) in [7, 11) is 0. The lowest BCUT2D eigenvalue weighted by molar-refractivity contribution is 1.12. The SMILES string of the molecule is N#Cc1c(-n2c3ccccc3c3ccccc32)ccc(-n2c3ccc(-n4c5ccccc5c5ccccc54)cc3c3c4ccccc4ccc32)c1C#N. The third kappa shape index (κ3) is 3.94. The van der Waals surface area contributed by atoms with Crippen LogP contribution in [-0.4, -0.2) is 13.7 Å². The summed E-state index contributed by atoms with van der Waals surface area (Å²) in [5.41, 5.74) is 9.31. The van der Waals surface area contributed by atoms with Crippen LogP contribution in [0, 0.1) is 22.7 Å². The normalized spacial score (nSPS) is 11.7. The Morgan fingerprint density at radius 1 is 0.340 bits per heavy atom. The highest BCUT2D eigenvalue weighted by atomic mass is 15.0. The summed E-state index contributed by atoms with van der Waals surface area (Å²) in [6.07, 6.45) is 0. The zero-order chi connectivity index (χ0) is 35.2. The highest BCUT2D eigenvalue weighted by Crippen LogP contribution is 2.42. The molecule has 11 aromatic rings. The first-order chi connectivity index (χ1) is 26.2. The van der Waals surface area contributed by atoms with Gasteiger partial charge in [0.15, 0.2) is 0 Å². The predicted octanol–water partition coefficient (Wildman–Crippen LogP) is 11.9. The van der Waals surface area contributed by atoms with Gasteiger partial charge in [0.1, 0.15) is 12.1 Å². The zero-order valence-corrected chi connectivity index (χ0v) is 28.3. The van der Waals surface area contributed by atoms with E-state index in [1.807, 2.05) is 36.4 Å². The summed E-state index contributed by atoms with van der Waals surface area (Å²) < 4.78 is 6.63. The number of aromatic nitrogens is 3. The van der Waals surface area contributed by atoms with E-state index in [2.05, 4.69) is 153 Å². The molecule has 0 amide bonds. The van der Waals surface area contributed by atoms with Crippen LogP contribution in [0.25, 0.3) is 93.3 Å².